The molecule has 0 radical (unpaired) electrons. The van der Waals surface area contributed by atoms with E-state index in [2.05, 4.69) is 20.3 Å². The average Bonchev–Trinajstić information content (AvgIpc) is 3.05. The number of hydrogen-bond donors (Lipinski definition) is 3. The molecule has 1 amide bonds. The van der Waals surface area contributed by atoms with Gasteiger partial charge in [-0.3, -0.25) is 14.7 Å². The Labute approximate surface area is 181 Å². The molecule has 10 nitrogen and oxygen atoms in total. The minimum Gasteiger partial charge on any atom is -0.491 e. The molecule has 0 bridgehead atoms. The predicted octanol–water partition coefficient (Wildman–Crippen LogP) is 3.47. The van der Waals surface area contributed by atoms with E-state index < -0.39 is 18.9 Å². The van der Waals surface area contributed by atoms with E-state index in [9.17, 15) is 9.36 Å². The first-order valence-electron chi connectivity index (χ1n) is 8.40. The molecule has 0 aliphatic rings. The third kappa shape index (κ3) is 5.97. The summed E-state index contributed by atoms with van der Waals surface area (Å²) in [5, 5.41) is 2.97. The van der Waals surface area contributed by atoms with Crippen LogP contribution in [0.4, 0.5) is 5.13 Å². The number of benzene rings is 1. The van der Waals surface area contributed by atoms with Crippen molar-refractivity contribution in [1.29, 1.82) is 0 Å². The molecule has 3 rings (SSSR count). The van der Waals surface area contributed by atoms with Gasteiger partial charge < -0.3 is 19.3 Å². The Kier molecular flexibility index (Phi) is 6.69. The van der Waals surface area contributed by atoms with Crippen LogP contribution >= 0.6 is 30.5 Å². The van der Waals surface area contributed by atoms with Crippen LogP contribution < -0.4 is 20.2 Å². The van der Waals surface area contributed by atoms with Crippen LogP contribution in [-0.4, -0.2) is 36.7 Å². The number of nitrogens with one attached hydrogen (secondary N) is 1. The lowest BCUT2D eigenvalue weighted by Crippen LogP contribution is -2.13. The van der Waals surface area contributed by atoms with Gasteiger partial charge in [0.15, 0.2) is 10.6 Å². The maximum atomic E-state index is 12.6. The molecule has 0 aliphatic heterocycles. The smallest absolute Gasteiger partial charge is 0.376 e. The summed E-state index contributed by atoms with van der Waals surface area (Å²) in [6.45, 7) is 3.66. The maximum absolute atomic E-state index is 12.6. The standard InChI is InChI=1S/C17H16ClN4O6PS.H2/c1-9(2)27-11-3-10(16(23)22-17-21-6-13(18)30-17)4-12(5-11)28-14-7-20-15(8-19-14)29(24,25)26;/h3-9H,1-2H3,(H,21,22,23)(H2,24,25,26);1H. The van der Waals surface area contributed by atoms with Gasteiger partial charge in [-0.1, -0.05) is 22.9 Å². The molecule has 13 heteroatoms. The molecule has 3 aromatic rings. The van der Waals surface area contributed by atoms with E-state index in [-0.39, 0.29) is 24.7 Å². The molecule has 0 fully saturated rings. The average molecular weight is 473 g/mol. The Balaban J connectivity index is 0.00000341. The van der Waals surface area contributed by atoms with Crippen molar-refractivity contribution in [1.82, 2.24) is 15.0 Å². The number of anilines is 1. The number of amides is 1. The van der Waals surface area contributed by atoms with E-state index in [0.717, 1.165) is 23.7 Å². The third-order valence-corrected chi connectivity index (χ3v) is 5.21. The summed E-state index contributed by atoms with van der Waals surface area (Å²) in [4.78, 5) is 42.3. The van der Waals surface area contributed by atoms with E-state index >= 15 is 0 Å². The largest absolute Gasteiger partial charge is 0.491 e. The van der Waals surface area contributed by atoms with Gasteiger partial charge in [0.2, 0.25) is 5.88 Å². The van der Waals surface area contributed by atoms with E-state index in [1.54, 1.807) is 12.1 Å². The Morgan fingerprint density at radius 3 is 2.47 bits per heavy atom. The quantitative estimate of drug-likeness (QED) is 0.440. The summed E-state index contributed by atoms with van der Waals surface area (Å²) in [5.74, 6) is 0.119. The number of ether oxygens (including phenoxy) is 2. The van der Waals surface area contributed by atoms with Crippen molar-refractivity contribution < 1.29 is 30.0 Å². The minimum absolute atomic E-state index is 0. The summed E-state index contributed by atoms with van der Waals surface area (Å²) in [6, 6.07) is 4.55. The number of carbonyl (C=O) groups is 1. The second-order valence-corrected chi connectivity index (χ2v) is 9.35. The fraction of sp³-hybridized carbons (Fsp3) is 0.176. The molecule has 0 spiro atoms. The van der Waals surface area contributed by atoms with Gasteiger partial charge in [-0.05, 0) is 26.0 Å². The molecule has 0 unspecified atom stereocenters. The Morgan fingerprint density at radius 1 is 1.17 bits per heavy atom. The SMILES string of the molecule is CC(C)Oc1cc(Oc2cnc(P(=O)(O)O)cn2)cc(C(=O)Nc2ncc(Cl)s2)c1.[HH]. The van der Waals surface area contributed by atoms with Crippen molar-refractivity contribution in [3.05, 3.63) is 46.7 Å². The predicted molar refractivity (Wildman–Crippen MR) is 113 cm³/mol. The van der Waals surface area contributed by atoms with Crippen LogP contribution in [-0.2, 0) is 4.57 Å². The first kappa shape index (κ1) is 22.1. The lowest BCUT2D eigenvalue weighted by Gasteiger charge is -2.13. The number of thiazole rings is 1. The van der Waals surface area contributed by atoms with Crippen LogP contribution in [0.1, 0.15) is 25.6 Å². The van der Waals surface area contributed by atoms with Crippen LogP contribution in [0.25, 0.3) is 0 Å². The highest BCUT2D eigenvalue weighted by molar-refractivity contribution is 7.59. The summed E-state index contributed by atoms with van der Waals surface area (Å²) < 4.78 is 22.9. The molecule has 2 heterocycles. The zero-order chi connectivity index (χ0) is 21.9. The molecule has 0 aliphatic carbocycles. The van der Waals surface area contributed by atoms with Crippen LogP contribution in [0.3, 0.4) is 0 Å². The Bertz CT molecular complexity index is 1110. The number of nitrogens with zero attached hydrogens (tertiary/aromatic N) is 3. The van der Waals surface area contributed by atoms with Crippen LogP contribution in [0, 0.1) is 0 Å². The molecule has 160 valence electrons. The van der Waals surface area contributed by atoms with Gasteiger partial charge in [-0.2, -0.15) is 0 Å². The lowest BCUT2D eigenvalue weighted by atomic mass is 10.2. The molecule has 0 saturated carbocycles. The van der Waals surface area contributed by atoms with Gasteiger partial charge in [-0.25, -0.2) is 15.0 Å². The first-order valence-corrected chi connectivity index (χ1v) is 11.2. The summed E-state index contributed by atoms with van der Waals surface area (Å²) in [5.41, 5.74) is -0.247. The zero-order valence-electron chi connectivity index (χ0n) is 15.6. The highest BCUT2D eigenvalue weighted by Crippen LogP contribution is 2.32. The van der Waals surface area contributed by atoms with Crippen molar-refractivity contribution in [2.45, 2.75) is 20.0 Å². The molecule has 3 N–H and O–H groups in total. The molecular formula is C17H18ClN4O6PS. The van der Waals surface area contributed by atoms with Gasteiger partial charge in [-0.15, -0.1) is 0 Å². The molecule has 1 aromatic carbocycles. The Morgan fingerprint density at radius 2 is 1.90 bits per heavy atom. The number of hydrogen-bond acceptors (Lipinski definition) is 8. The highest BCUT2D eigenvalue weighted by atomic mass is 35.5. The molecule has 0 atom stereocenters. The van der Waals surface area contributed by atoms with Gasteiger partial charge in [0.05, 0.1) is 24.7 Å². The van der Waals surface area contributed by atoms with Crippen LogP contribution in [0.15, 0.2) is 36.8 Å². The van der Waals surface area contributed by atoms with Gasteiger partial charge >= 0.3 is 7.60 Å². The molecule has 2 aromatic heterocycles. The van der Waals surface area contributed by atoms with Crippen molar-refractivity contribution in [2.24, 2.45) is 0 Å². The maximum Gasteiger partial charge on any atom is 0.376 e. The van der Waals surface area contributed by atoms with Crippen LogP contribution in [0.2, 0.25) is 4.34 Å². The zero-order valence-corrected chi connectivity index (χ0v) is 18.1. The minimum atomic E-state index is -4.51. The number of aromatic nitrogens is 3. The first-order chi connectivity index (χ1) is 14.1. The Hall–Kier alpha value is -2.56. The fourth-order valence-electron chi connectivity index (χ4n) is 2.22. The second-order valence-electron chi connectivity index (χ2n) is 6.14. The van der Waals surface area contributed by atoms with Crippen molar-refractivity contribution >= 4 is 47.0 Å². The molecule has 30 heavy (non-hydrogen) atoms. The van der Waals surface area contributed by atoms with E-state index in [4.69, 9.17) is 30.9 Å². The normalized spacial score (nSPS) is 11.4. The molecule has 0 saturated heterocycles. The summed E-state index contributed by atoms with van der Waals surface area (Å²) in [6.07, 6.45) is 3.26. The van der Waals surface area contributed by atoms with Crippen molar-refractivity contribution in [3.63, 3.8) is 0 Å². The topological polar surface area (TPSA) is 144 Å². The number of rotatable bonds is 7. The lowest BCUT2D eigenvalue weighted by molar-refractivity contribution is 0.102. The molecular weight excluding hydrogens is 455 g/mol. The number of carbonyl (C=O) groups excluding carboxylic acids is 1. The fourth-order valence-corrected chi connectivity index (χ4v) is 3.44. The van der Waals surface area contributed by atoms with E-state index in [1.807, 2.05) is 13.8 Å². The van der Waals surface area contributed by atoms with Gasteiger partial charge in [0.1, 0.15) is 15.8 Å². The van der Waals surface area contributed by atoms with Gasteiger partial charge in [0.25, 0.3) is 5.91 Å². The van der Waals surface area contributed by atoms with Gasteiger partial charge in [0, 0.05) is 13.1 Å². The summed E-state index contributed by atoms with van der Waals surface area (Å²) >= 11 is 6.94. The number of halogens is 1. The monoisotopic (exact) mass is 472 g/mol. The summed E-state index contributed by atoms with van der Waals surface area (Å²) in [7, 11) is -4.51. The van der Waals surface area contributed by atoms with E-state index in [1.165, 1.54) is 12.3 Å². The highest BCUT2D eigenvalue weighted by Gasteiger charge is 2.20. The van der Waals surface area contributed by atoms with Crippen molar-refractivity contribution in [3.8, 4) is 17.4 Å². The third-order valence-electron chi connectivity index (χ3n) is 3.35. The van der Waals surface area contributed by atoms with Crippen LogP contribution in [0.5, 0.6) is 17.4 Å². The second kappa shape index (κ2) is 9.07. The van der Waals surface area contributed by atoms with E-state index in [0.29, 0.717) is 15.2 Å². The van der Waals surface area contributed by atoms with Crippen molar-refractivity contribution in [2.75, 3.05) is 5.32 Å².